The number of carbonyl (C=O) groups is 1. The molecule has 4 heteroatoms. The normalized spacial score (nSPS) is 30.1. The number of ether oxygens (including phenoxy) is 1. The molecular weight excluding hydrogens is 300 g/mol. The van der Waals surface area contributed by atoms with Gasteiger partial charge in [-0.05, 0) is 43.9 Å². The summed E-state index contributed by atoms with van der Waals surface area (Å²) < 4.78 is 6.06. The van der Waals surface area contributed by atoms with Crippen LogP contribution in [0.1, 0.15) is 54.9 Å². The molecule has 1 aromatic carbocycles. The second kappa shape index (κ2) is 6.49. The van der Waals surface area contributed by atoms with Crippen LogP contribution in [0.4, 0.5) is 0 Å². The van der Waals surface area contributed by atoms with E-state index in [1.807, 2.05) is 25.1 Å². The second-order valence-corrected chi connectivity index (χ2v) is 7.60. The lowest BCUT2D eigenvalue weighted by Crippen LogP contribution is -2.67. The van der Waals surface area contributed by atoms with Gasteiger partial charge in [0.2, 0.25) is 0 Å². The van der Waals surface area contributed by atoms with Crippen molar-refractivity contribution in [1.29, 1.82) is 0 Å². The van der Waals surface area contributed by atoms with Gasteiger partial charge in [-0.3, -0.25) is 4.79 Å². The topological polar surface area (TPSA) is 50.4 Å². The summed E-state index contributed by atoms with van der Waals surface area (Å²) in [6.45, 7) is 4.38. The number of benzene rings is 1. The van der Waals surface area contributed by atoms with Gasteiger partial charge in [0, 0.05) is 42.6 Å². The Bertz CT molecular complexity index is 609. The zero-order chi connectivity index (χ0) is 16.6. The van der Waals surface area contributed by atoms with Crippen LogP contribution in [0, 0.1) is 11.3 Å². The molecule has 1 aromatic rings. The van der Waals surface area contributed by atoms with Gasteiger partial charge >= 0.3 is 0 Å². The highest BCUT2D eigenvalue weighted by atomic mass is 16.5. The van der Waals surface area contributed by atoms with Crippen molar-refractivity contribution in [3.63, 3.8) is 0 Å². The van der Waals surface area contributed by atoms with Crippen molar-refractivity contribution in [3.8, 4) is 0 Å². The van der Waals surface area contributed by atoms with Crippen LogP contribution >= 0.6 is 0 Å². The standard InChI is InChI=1S/C20H28N2O2/c1-2-21-19(23)15-7-5-6-14(12-15)13-22-17-16-8-11-24-18(16)20(17)9-3-4-10-20/h5-7,12,16-18,22H,2-4,8-11,13H2,1H3,(H,21,23)/t16-,17+,18-/m1/s1. The molecule has 130 valence electrons. The van der Waals surface area contributed by atoms with E-state index in [4.69, 9.17) is 4.74 Å². The third-order valence-electron chi connectivity index (χ3n) is 6.34. The third kappa shape index (κ3) is 2.56. The first-order valence-electron chi connectivity index (χ1n) is 9.47. The first-order valence-corrected chi connectivity index (χ1v) is 9.47. The molecule has 1 spiro atoms. The summed E-state index contributed by atoms with van der Waals surface area (Å²) in [4.78, 5) is 12.0. The highest BCUT2D eigenvalue weighted by Crippen LogP contribution is 2.60. The summed E-state index contributed by atoms with van der Waals surface area (Å²) in [5.41, 5.74) is 2.33. The molecule has 0 unspecified atom stereocenters. The van der Waals surface area contributed by atoms with Crippen molar-refractivity contribution >= 4 is 5.91 Å². The van der Waals surface area contributed by atoms with Crippen LogP contribution in [-0.4, -0.2) is 31.2 Å². The molecule has 0 radical (unpaired) electrons. The fourth-order valence-electron chi connectivity index (χ4n) is 5.32. The summed E-state index contributed by atoms with van der Waals surface area (Å²) >= 11 is 0. The minimum absolute atomic E-state index is 0.0134. The molecule has 4 nitrogen and oxygen atoms in total. The summed E-state index contributed by atoms with van der Waals surface area (Å²) in [5.74, 6) is 0.703. The Hall–Kier alpha value is -1.39. The van der Waals surface area contributed by atoms with E-state index in [0.29, 0.717) is 30.0 Å². The maximum atomic E-state index is 12.0. The Labute approximate surface area is 144 Å². The van der Waals surface area contributed by atoms with E-state index < -0.39 is 0 Å². The quantitative estimate of drug-likeness (QED) is 0.874. The SMILES string of the molecule is CCNC(=O)c1cccc(CN[C@H]2[C@H]3CCO[C@H]3C23CCCC3)c1. The maximum Gasteiger partial charge on any atom is 0.251 e. The van der Waals surface area contributed by atoms with Gasteiger partial charge in [0.1, 0.15) is 0 Å². The smallest absolute Gasteiger partial charge is 0.251 e. The second-order valence-electron chi connectivity index (χ2n) is 7.60. The van der Waals surface area contributed by atoms with E-state index in [0.717, 1.165) is 18.7 Å². The third-order valence-corrected chi connectivity index (χ3v) is 6.34. The van der Waals surface area contributed by atoms with Crippen molar-refractivity contribution in [2.45, 2.75) is 57.7 Å². The van der Waals surface area contributed by atoms with Crippen LogP contribution < -0.4 is 10.6 Å². The minimum atomic E-state index is 0.0134. The van der Waals surface area contributed by atoms with Gasteiger partial charge in [0.15, 0.2) is 0 Å². The van der Waals surface area contributed by atoms with E-state index >= 15 is 0 Å². The molecule has 1 saturated heterocycles. The average Bonchev–Trinajstić information content (AvgIpc) is 3.24. The van der Waals surface area contributed by atoms with Crippen LogP contribution in [0.15, 0.2) is 24.3 Å². The van der Waals surface area contributed by atoms with Crippen molar-refractivity contribution in [2.24, 2.45) is 11.3 Å². The summed E-state index contributed by atoms with van der Waals surface area (Å²) in [5, 5.41) is 6.70. The number of amides is 1. The number of fused-ring (bicyclic) bond motifs is 2. The number of hydrogen-bond acceptors (Lipinski definition) is 3. The zero-order valence-corrected chi connectivity index (χ0v) is 14.5. The highest BCUT2D eigenvalue weighted by Gasteiger charge is 2.64. The van der Waals surface area contributed by atoms with Gasteiger partial charge in [-0.1, -0.05) is 25.0 Å². The fraction of sp³-hybridized carbons (Fsp3) is 0.650. The fourth-order valence-corrected chi connectivity index (χ4v) is 5.32. The van der Waals surface area contributed by atoms with Crippen molar-refractivity contribution < 1.29 is 9.53 Å². The molecule has 2 aliphatic carbocycles. The first kappa shape index (κ1) is 16.1. The molecule has 4 rings (SSSR count). The van der Waals surface area contributed by atoms with E-state index in [1.165, 1.54) is 37.7 Å². The first-order chi connectivity index (χ1) is 11.7. The molecule has 1 amide bonds. The van der Waals surface area contributed by atoms with Gasteiger partial charge in [-0.2, -0.15) is 0 Å². The van der Waals surface area contributed by atoms with Crippen LogP contribution in [0.25, 0.3) is 0 Å². The Balaban J connectivity index is 1.43. The van der Waals surface area contributed by atoms with Gasteiger partial charge in [0.25, 0.3) is 5.91 Å². The van der Waals surface area contributed by atoms with Crippen molar-refractivity contribution in [3.05, 3.63) is 35.4 Å². The van der Waals surface area contributed by atoms with Crippen LogP contribution in [0.2, 0.25) is 0 Å². The number of nitrogens with one attached hydrogen (secondary N) is 2. The molecular formula is C20H28N2O2. The molecule has 2 N–H and O–H groups in total. The van der Waals surface area contributed by atoms with E-state index in [-0.39, 0.29) is 5.91 Å². The monoisotopic (exact) mass is 328 g/mol. The number of hydrogen-bond donors (Lipinski definition) is 2. The van der Waals surface area contributed by atoms with E-state index in [9.17, 15) is 4.79 Å². The molecule has 3 atom stereocenters. The largest absolute Gasteiger partial charge is 0.377 e. The molecule has 1 heterocycles. The van der Waals surface area contributed by atoms with Gasteiger partial charge < -0.3 is 15.4 Å². The van der Waals surface area contributed by atoms with Gasteiger partial charge in [-0.15, -0.1) is 0 Å². The van der Waals surface area contributed by atoms with Crippen molar-refractivity contribution in [1.82, 2.24) is 10.6 Å². The Morgan fingerprint density at radius 2 is 2.17 bits per heavy atom. The van der Waals surface area contributed by atoms with Crippen LogP contribution in [-0.2, 0) is 11.3 Å². The molecule has 0 aromatic heterocycles. The average molecular weight is 328 g/mol. The zero-order valence-electron chi connectivity index (χ0n) is 14.5. The molecule has 2 saturated carbocycles. The van der Waals surface area contributed by atoms with Gasteiger partial charge in [0.05, 0.1) is 6.10 Å². The maximum absolute atomic E-state index is 12.0. The lowest BCUT2D eigenvalue weighted by molar-refractivity contribution is -0.130. The molecule has 24 heavy (non-hydrogen) atoms. The predicted octanol–water partition coefficient (Wildman–Crippen LogP) is 2.87. The lowest BCUT2D eigenvalue weighted by Gasteiger charge is -2.57. The summed E-state index contributed by atoms with van der Waals surface area (Å²) in [6, 6.07) is 8.58. The Kier molecular flexibility index (Phi) is 4.35. The lowest BCUT2D eigenvalue weighted by atomic mass is 9.54. The van der Waals surface area contributed by atoms with Crippen molar-refractivity contribution in [2.75, 3.05) is 13.2 Å². The molecule has 0 bridgehead atoms. The van der Waals surface area contributed by atoms with Crippen LogP contribution in [0.5, 0.6) is 0 Å². The predicted molar refractivity (Wildman–Crippen MR) is 93.8 cm³/mol. The summed E-state index contributed by atoms with van der Waals surface area (Å²) in [6.07, 6.45) is 7.01. The molecule has 3 aliphatic rings. The summed E-state index contributed by atoms with van der Waals surface area (Å²) in [7, 11) is 0. The van der Waals surface area contributed by atoms with Gasteiger partial charge in [-0.25, -0.2) is 0 Å². The molecule has 1 aliphatic heterocycles. The van der Waals surface area contributed by atoms with E-state index in [2.05, 4.69) is 16.7 Å². The molecule has 3 fully saturated rings. The number of carbonyl (C=O) groups excluding carboxylic acids is 1. The number of rotatable bonds is 5. The minimum Gasteiger partial charge on any atom is -0.377 e. The van der Waals surface area contributed by atoms with Crippen LogP contribution in [0.3, 0.4) is 0 Å². The highest BCUT2D eigenvalue weighted by molar-refractivity contribution is 5.94. The van der Waals surface area contributed by atoms with E-state index in [1.54, 1.807) is 0 Å². The Morgan fingerprint density at radius 3 is 2.96 bits per heavy atom. The Morgan fingerprint density at radius 1 is 1.33 bits per heavy atom.